The first-order valence-corrected chi connectivity index (χ1v) is 7.40. The maximum atomic E-state index is 12.0. The van der Waals surface area contributed by atoms with E-state index in [1.165, 1.54) is 13.0 Å². The van der Waals surface area contributed by atoms with Gasteiger partial charge < -0.3 is 5.73 Å². The second-order valence-electron chi connectivity index (χ2n) is 3.77. The number of sulfonamides is 1. The molecule has 0 aromatic heterocycles. The van der Waals surface area contributed by atoms with E-state index in [1.54, 1.807) is 0 Å². The van der Waals surface area contributed by atoms with Crippen LogP contribution in [0.4, 0.5) is 11.4 Å². The van der Waals surface area contributed by atoms with Gasteiger partial charge in [0.15, 0.2) is 0 Å². The average Bonchev–Trinajstić information content (AvgIpc) is 2.36. The van der Waals surface area contributed by atoms with Gasteiger partial charge in [-0.25, -0.2) is 8.42 Å². The summed E-state index contributed by atoms with van der Waals surface area (Å²) in [5, 5.41) is 10.7. The van der Waals surface area contributed by atoms with Crippen molar-refractivity contribution in [1.82, 2.24) is 0 Å². The number of nitro groups is 1. The number of nitro benzene ring substituents is 1. The first-order valence-electron chi connectivity index (χ1n) is 5.41. The second-order valence-corrected chi connectivity index (χ2v) is 6.36. The Morgan fingerprint density at radius 2 is 2.10 bits per heavy atom. The van der Waals surface area contributed by atoms with Crippen molar-refractivity contribution in [3.05, 3.63) is 33.3 Å². The van der Waals surface area contributed by atoms with E-state index >= 15 is 0 Å². The van der Waals surface area contributed by atoms with E-state index in [9.17, 15) is 23.3 Å². The fourth-order valence-corrected chi connectivity index (χ4v) is 2.79. The number of non-ortho nitro benzene ring substituents is 1. The van der Waals surface area contributed by atoms with Gasteiger partial charge in [-0.05, 0) is 13.0 Å². The summed E-state index contributed by atoms with van der Waals surface area (Å²) >= 11 is 5.86. The molecule has 0 atom stereocenters. The molecule has 0 saturated heterocycles. The molecule has 0 bridgehead atoms. The van der Waals surface area contributed by atoms with Crippen LogP contribution in [0, 0.1) is 10.1 Å². The summed E-state index contributed by atoms with van der Waals surface area (Å²) in [4.78, 5) is 21.1. The highest BCUT2D eigenvalue weighted by molar-refractivity contribution is 7.92. The third kappa shape index (κ3) is 3.58. The summed E-state index contributed by atoms with van der Waals surface area (Å²) in [6.07, 6.45) is 0. The molecule has 10 heteroatoms. The monoisotopic (exact) mass is 321 g/mol. The van der Waals surface area contributed by atoms with Crippen molar-refractivity contribution in [2.24, 2.45) is 5.73 Å². The highest BCUT2D eigenvalue weighted by Crippen LogP contribution is 2.31. The van der Waals surface area contributed by atoms with E-state index in [2.05, 4.69) is 0 Å². The first kappa shape index (κ1) is 16.2. The maximum Gasteiger partial charge on any atom is 0.271 e. The highest BCUT2D eigenvalue weighted by atomic mass is 35.5. The van der Waals surface area contributed by atoms with Crippen LogP contribution in [0.15, 0.2) is 18.2 Å². The SMILES string of the molecule is CCS(=O)(=O)N(CC(N)=O)c1cc([N+](=O)[O-])ccc1Cl. The smallest absolute Gasteiger partial charge is 0.271 e. The van der Waals surface area contributed by atoms with Crippen molar-refractivity contribution < 1.29 is 18.1 Å². The predicted molar refractivity (Wildman–Crippen MR) is 74.1 cm³/mol. The molecule has 20 heavy (non-hydrogen) atoms. The fourth-order valence-electron chi connectivity index (χ4n) is 1.44. The highest BCUT2D eigenvalue weighted by Gasteiger charge is 2.26. The third-order valence-corrected chi connectivity index (χ3v) is 4.46. The standard InChI is InChI=1S/C10H12ClN3O5S/c1-2-20(18,19)13(6-10(12)15)9-5-7(14(16)17)3-4-8(9)11/h3-5H,2,6H2,1H3,(H2,12,15). The lowest BCUT2D eigenvalue weighted by Gasteiger charge is -2.23. The molecule has 0 aliphatic rings. The van der Waals surface area contributed by atoms with Gasteiger partial charge in [0.2, 0.25) is 15.9 Å². The summed E-state index contributed by atoms with van der Waals surface area (Å²) in [5.74, 6) is -1.20. The van der Waals surface area contributed by atoms with Crippen LogP contribution in [0.5, 0.6) is 0 Å². The molecule has 0 unspecified atom stereocenters. The zero-order valence-electron chi connectivity index (χ0n) is 10.4. The van der Waals surface area contributed by atoms with Crippen LogP contribution in [0.2, 0.25) is 5.02 Å². The summed E-state index contributed by atoms with van der Waals surface area (Å²) in [5.41, 5.74) is 4.51. The minimum absolute atomic E-state index is 0.0334. The van der Waals surface area contributed by atoms with E-state index in [1.807, 2.05) is 0 Å². The molecule has 0 aliphatic carbocycles. The molecule has 1 aromatic rings. The lowest BCUT2D eigenvalue weighted by Crippen LogP contribution is -2.39. The van der Waals surface area contributed by atoms with Gasteiger partial charge in [0, 0.05) is 12.1 Å². The number of nitrogens with zero attached hydrogens (tertiary/aromatic N) is 2. The van der Waals surface area contributed by atoms with Gasteiger partial charge in [0.1, 0.15) is 6.54 Å². The Morgan fingerprint density at radius 3 is 2.55 bits per heavy atom. The van der Waals surface area contributed by atoms with Gasteiger partial charge in [-0.15, -0.1) is 0 Å². The van der Waals surface area contributed by atoms with E-state index in [0.29, 0.717) is 4.31 Å². The van der Waals surface area contributed by atoms with Gasteiger partial charge in [-0.2, -0.15) is 0 Å². The van der Waals surface area contributed by atoms with Gasteiger partial charge in [0.25, 0.3) is 5.69 Å². The number of carbonyl (C=O) groups excluding carboxylic acids is 1. The minimum atomic E-state index is -3.85. The number of primary amides is 1. The molecule has 1 aromatic carbocycles. The Hall–Kier alpha value is -1.87. The molecule has 2 N–H and O–H groups in total. The van der Waals surface area contributed by atoms with E-state index in [4.69, 9.17) is 17.3 Å². The Morgan fingerprint density at radius 1 is 1.50 bits per heavy atom. The molecule has 0 spiro atoms. The van der Waals surface area contributed by atoms with Crippen molar-refractivity contribution in [1.29, 1.82) is 0 Å². The summed E-state index contributed by atoms with van der Waals surface area (Å²) in [6, 6.07) is 3.31. The van der Waals surface area contributed by atoms with Crippen LogP contribution < -0.4 is 10.0 Å². The van der Waals surface area contributed by atoms with E-state index in [0.717, 1.165) is 12.1 Å². The van der Waals surface area contributed by atoms with Crippen molar-refractivity contribution in [2.75, 3.05) is 16.6 Å². The van der Waals surface area contributed by atoms with Gasteiger partial charge in [0.05, 0.1) is 21.4 Å². The van der Waals surface area contributed by atoms with Gasteiger partial charge in [-0.1, -0.05) is 11.6 Å². The zero-order valence-corrected chi connectivity index (χ0v) is 12.0. The van der Waals surface area contributed by atoms with Crippen LogP contribution >= 0.6 is 11.6 Å². The quantitative estimate of drug-likeness (QED) is 0.615. The molecular formula is C10H12ClN3O5S. The lowest BCUT2D eigenvalue weighted by molar-refractivity contribution is -0.384. The zero-order chi connectivity index (χ0) is 15.5. The summed E-state index contributed by atoms with van der Waals surface area (Å²) in [6.45, 7) is 0.728. The molecule has 1 rings (SSSR count). The molecule has 1 amide bonds. The predicted octanol–water partition coefficient (Wildman–Crippen LogP) is 0.890. The van der Waals surface area contributed by atoms with Crippen LogP contribution in [0.3, 0.4) is 0 Å². The topological polar surface area (TPSA) is 124 Å². The number of benzene rings is 1. The molecule has 0 saturated carbocycles. The Bertz CT molecular complexity index is 646. The average molecular weight is 322 g/mol. The molecule has 0 aliphatic heterocycles. The van der Waals surface area contributed by atoms with Crippen molar-refractivity contribution in [2.45, 2.75) is 6.92 Å². The molecule has 0 heterocycles. The number of hydrogen-bond donors (Lipinski definition) is 1. The van der Waals surface area contributed by atoms with Crippen LogP contribution in [-0.2, 0) is 14.8 Å². The normalized spacial score (nSPS) is 11.1. The van der Waals surface area contributed by atoms with Crippen molar-refractivity contribution in [3.8, 4) is 0 Å². The number of anilines is 1. The Kier molecular flexibility index (Phi) is 4.90. The molecule has 0 fully saturated rings. The second kappa shape index (κ2) is 6.06. The minimum Gasteiger partial charge on any atom is -0.368 e. The Balaban J connectivity index is 3.44. The Labute approximate surface area is 120 Å². The van der Waals surface area contributed by atoms with E-state index in [-0.39, 0.29) is 22.2 Å². The number of nitrogens with two attached hydrogens (primary N) is 1. The molecule has 110 valence electrons. The number of amides is 1. The number of halogens is 1. The fraction of sp³-hybridized carbons (Fsp3) is 0.300. The van der Waals surface area contributed by atoms with Crippen LogP contribution in [0.1, 0.15) is 6.92 Å². The summed E-state index contributed by atoms with van der Waals surface area (Å²) in [7, 11) is -3.85. The molecule has 0 radical (unpaired) electrons. The number of rotatable bonds is 6. The van der Waals surface area contributed by atoms with E-state index < -0.39 is 27.4 Å². The summed E-state index contributed by atoms with van der Waals surface area (Å²) < 4.78 is 24.6. The molecular weight excluding hydrogens is 310 g/mol. The van der Waals surface area contributed by atoms with Crippen LogP contribution in [0.25, 0.3) is 0 Å². The maximum absolute atomic E-state index is 12.0. The van der Waals surface area contributed by atoms with Crippen molar-refractivity contribution >= 4 is 38.9 Å². The van der Waals surface area contributed by atoms with Gasteiger partial charge in [-0.3, -0.25) is 19.2 Å². The van der Waals surface area contributed by atoms with Crippen molar-refractivity contribution in [3.63, 3.8) is 0 Å². The number of hydrogen-bond acceptors (Lipinski definition) is 5. The largest absolute Gasteiger partial charge is 0.368 e. The first-order chi connectivity index (χ1) is 9.19. The van der Waals surface area contributed by atoms with Gasteiger partial charge >= 0.3 is 0 Å². The molecule has 8 nitrogen and oxygen atoms in total. The third-order valence-electron chi connectivity index (χ3n) is 2.41. The van der Waals surface area contributed by atoms with Crippen LogP contribution in [-0.4, -0.2) is 31.5 Å². The number of carbonyl (C=O) groups is 1. The lowest BCUT2D eigenvalue weighted by atomic mass is 10.3.